The Balaban J connectivity index is 0. The molecular weight excluding hydrogens is 576 g/mol. The normalized spacial score (nSPS) is 11.4. The van der Waals surface area contributed by atoms with Gasteiger partial charge in [0, 0.05) is 13.2 Å². The van der Waals surface area contributed by atoms with Crippen molar-refractivity contribution in [1.82, 2.24) is 0 Å². The van der Waals surface area contributed by atoms with Crippen molar-refractivity contribution in [2.75, 3.05) is 13.2 Å². The van der Waals surface area contributed by atoms with Crippen LogP contribution in [0, 0.1) is 0 Å². The molecule has 0 spiro atoms. The molecule has 47 heavy (non-hydrogen) atoms. The molecule has 0 unspecified atom stereocenters. The lowest BCUT2D eigenvalue weighted by Crippen LogP contribution is -2.01. The summed E-state index contributed by atoms with van der Waals surface area (Å²) in [4.78, 5) is 0. The fraction of sp³-hybridized carbons (Fsp3) is 1.00. The minimum atomic E-state index is -1.10. The molecule has 0 saturated heterocycles. The second kappa shape index (κ2) is 48.0. The molecule has 0 aromatic heterocycles. The Hall–Kier alpha value is -0.120. The van der Waals surface area contributed by atoms with Crippen molar-refractivity contribution < 1.29 is 14.9 Å². The van der Waals surface area contributed by atoms with Gasteiger partial charge in [0.15, 0.2) is 6.29 Å². The van der Waals surface area contributed by atoms with Gasteiger partial charge in [-0.1, -0.05) is 245 Å². The highest BCUT2D eigenvalue weighted by atomic mass is 16.5. The minimum Gasteiger partial charge on any atom is -0.381 e. The summed E-state index contributed by atoms with van der Waals surface area (Å²) < 4.78 is 5.89. The number of ether oxygens (including phenoxy) is 1. The van der Waals surface area contributed by atoms with Gasteiger partial charge in [-0.05, 0) is 19.3 Å². The van der Waals surface area contributed by atoms with E-state index in [0.717, 1.165) is 19.6 Å². The maximum Gasteiger partial charge on any atom is 0.151 e. The predicted octanol–water partition coefficient (Wildman–Crippen LogP) is 15.2. The quantitative estimate of drug-likeness (QED) is 0.0504. The Kier molecular flexibility index (Phi) is 50.0. The SMILES string of the molecule is CCCC(O)O.CCCCCCCCCCCCCCCCCCCCOCCCCCCCCCCCCCCCCCCCC. The largest absolute Gasteiger partial charge is 0.381 e. The van der Waals surface area contributed by atoms with Crippen LogP contribution in [0.15, 0.2) is 0 Å². The van der Waals surface area contributed by atoms with E-state index in [1.54, 1.807) is 0 Å². The highest BCUT2D eigenvalue weighted by Gasteiger charge is 1.98. The lowest BCUT2D eigenvalue weighted by molar-refractivity contribution is -0.0453. The van der Waals surface area contributed by atoms with Crippen LogP contribution in [-0.2, 0) is 4.74 Å². The average molecular weight is 669 g/mol. The number of unbranched alkanes of at least 4 members (excludes halogenated alkanes) is 34. The molecule has 0 radical (unpaired) electrons. The Morgan fingerprint density at radius 3 is 0.617 bits per heavy atom. The van der Waals surface area contributed by atoms with Crippen LogP contribution in [0.25, 0.3) is 0 Å². The molecule has 3 nitrogen and oxygen atoms in total. The molecule has 0 heterocycles. The van der Waals surface area contributed by atoms with Gasteiger partial charge in [0.05, 0.1) is 0 Å². The Labute approximate surface area is 298 Å². The average Bonchev–Trinajstić information content (AvgIpc) is 3.06. The minimum absolute atomic E-state index is 0.486. The molecule has 0 saturated carbocycles. The van der Waals surface area contributed by atoms with Gasteiger partial charge in [0.2, 0.25) is 0 Å². The van der Waals surface area contributed by atoms with Gasteiger partial charge < -0.3 is 14.9 Å². The van der Waals surface area contributed by atoms with E-state index in [1.165, 1.54) is 231 Å². The van der Waals surface area contributed by atoms with Crippen molar-refractivity contribution in [2.24, 2.45) is 0 Å². The molecule has 2 N–H and O–H groups in total. The van der Waals surface area contributed by atoms with Crippen molar-refractivity contribution in [3.63, 3.8) is 0 Å². The van der Waals surface area contributed by atoms with Gasteiger partial charge in [0.1, 0.15) is 0 Å². The van der Waals surface area contributed by atoms with Crippen LogP contribution in [0.1, 0.15) is 265 Å². The van der Waals surface area contributed by atoms with E-state index in [2.05, 4.69) is 13.8 Å². The van der Waals surface area contributed by atoms with E-state index < -0.39 is 6.29 Å². The van der Waals surface area contributed by atoms with E-state index in [4.69, 9.17) is 14.9 Å². The van der Waals surface area contributed by atoms with E-state index in [1.807, 2.05) is 6.92 Å². The van der Waals surface area contributed by atoms with Crippen LogP contribution in [-0.4, -0.2) is 29.7 Å². The maximum atomic E-state index is 8.11. The lowest BCUT2D eigenvalue weighted by atomic mass is 10.0. The van der Waals surface area contributed by atoms with Gasteiger partial charge in [-0.2, -0.15) is 0 Å². The van der Waals surface area contributed by atoms with Crippen molar-refractivity contribution in [3.05, 3.63) is 0 Å². The van der Waals surface area contributed by atoms with Crippen molar-refractivity contribution in [2.45, 2.75) is 271 Å². The number of rotatable bonds is 40. The smallest absolute Gasteiger partial charge is 0.151 e. The molecule has 0 rings (SSSR count). The zero-order valence-corrected chi connectivity index (χ0v) is 33.2. The summed E-state index contributed by atoms with van der Waals surface area (Å²) in [6.07, 6.45) is 52.2. The summed E-state index contributed by atoms with van der Waals surface area (Å²) in [5, 5.41) is 16.2. The predicted molar refractivity (Wildman–Crippen MR) is 212 cm³/mol. The van der Waals surface area contributed by atoms with Crippen LogP contribution in [0.4, 0.5) is 0 Å². The number of aliphatic hydroxyl groups excluding tert-OH is 1. The van der Waals surface area contributed by atoms with Gasteiger partial charge in [-0.25, -0.2) is 0 Å². The lowest BCUT2D eigenvalue weighted by Gasteiger charge is -2.06. The molecular formula is C44H92O3. The van der Waals surface area contributed by atoms with Crippen LogP contribution < -0.4 is 0 Å². The summed E-state index contributed by atoms with van der Waals surface area (Å²) >= 11 is 0. The molecule has 0 aliphatic carbocycles. The fourth-order valence-corrected chi connectivity index (χ4v) is 6.57. The van der Waals surface area contributed by atoms with Gasteiger partial charge in [0.25, 0.3) is 0 Å². The summed E-state index contributed by atoms with van der Waals surface area (Å²) in [5.74, 6) is 0. The van der Waals surface area contributed by atoms with Crippen LogP contribution >= 0.6 is 0 Å². The summed E-state index contributed by atoms with van der Waals surface area (Å²) in [5.41, 5.74) is 0. The summed E-state index contributed by atoms with van der Waals surface area (Å²) in [6, 6.07) is 0. The van der Waals surface area contributed by atoms with E-state index in [-0.39, 0.29) is 0 Å². The first-order valence-electron chi connectivity index (χ1n) is 22.1. The van der Waals surface area contributed by atoms with Crippen LogP contribution in [0.5, 0.6) is 0 Å². The third-order valence-corrected chi connectivity index (χ3v) is 9.83. The van der Waals surface area contributed by atoms with Crippen LogP contribution in [0.3, 0.4) is 0 Å². The van der Waals surface area contributed by atoms with Gasteiger partial charge in [-0.3, -0.25) is 0 Å². The van der Waals surface area contributed by atoms with Crippen molar-refractivity contribution in [3.8, 4) is 0 Å². The molecule has 0 aromatic carbocycles. The maximum absolute atomic E-state index is 8.11. The molecule has 0 aliphatic heterocycles. The number of aliphatic hydroxyl groups is 2. The van der Waals surface area contributed by atoms with Crippen molar-refractivity contribution in [1.29, 1.82) is 0 Å². The monoisotopic (exact) mass is 669 g/mol. The van der Waals surface area contributed by atoms with E-state index in [0.29, 0.717) is 6.42 Å². The Morgan fingerprint density at radius 2 is 0.468 bits per heavy atom. The Bertz CT molecular complexity index is 457. The van der Waals surface area contributed by atoms with Gasteiger partial charge in [-0.15, -0.1) is 0 Å². The summed E-state index contributed by atoms with van der Waals surface area (Å²) in [6.45, 7) is 8.51. The third-order valence-electron chi connectivity index (χ3n) is 9.83. The summed E-state index contributed by atoms with van der Waals surface area (Å²) in [7, 11) is 0. The molecule has 3 heteroatoms. The number of hydrogen-bond donors (Lipinski definition) is 2. The second-order valence-corrected chi connectivity index (χ2v) is 14.9. The first kappa shape index (κ1) is 49.0. The highest BCUT2D eigenvalue weighted by molar-refractivity contribution is 4.52. The molecule has 0 amide bonds. The van der Waals surface area contributed by atoms with E-state index >= 15 is 0 Å². The third kappa shape index (κ3) is 52.9. The molecule has 0 aromatic rings. The molecule has 0 bridgehead atoms. The van der Waals surface area contributed by atoms with E-state index in [9.17, 15) is 0 Å². The van der Waals surface area contributed by atoms with Gasteiger partial charge >= 0.3 is 0 Å². The molecule has 0 atom stereocenters. The first-order valence-corrected chi connectivity index (χ1v) is 22.1. The highest BCUT2D eigenvalue weighted by Crippen LogP contribution is 2.16. The van der Waals surface area contributed by atoms with Crippen LogP contribution in [0.2, 0.25) is 0 Å². The molecule has 0 fully saturated rings. The van der Waals surface area contributed by atoms with Crippen molar-refractivity contribution >= 4 is 0 Å². The second-order valence-electron chi connectivity index (χ2n) is 14.9. The number of hydrogen-bond acceptors (Lipinski definition) is 3. The topological polar surface area (TPSA) is 49.7 Å². The Morgan fingerprint density at radius 1 is 0.277 bits per heavy atom. The molecule has 286 valence electrons. The first-order chi connectivity index (χ1) is 23.2. The zero-order valence-electron chi connectivity index (χ0n) is 33.2. The zero-order chi connectivity index (χ0) is 34.6. The molecule has 0 aliphatic rings. The fourth-order valence-electron chi connectivity index (χ4n) is 6.57. The standard InChI is InChI=1S/C40H82O.C4H10O2/c1-3-5-7-9-11-13-15-17-19-21-23-25-27-29-31-33-35-37-39-41-40-38-36-34-32-30-28-26-24-22-20-18-16-14-12-10-8-6-4-2;1-2-3-4(5)6/h3-40H2,1-2H3;4-6H,2-3H2,1H3.